The van der Waals surface area contributed by atoms with Gasteiger partial charge in [0.25, 0.3) is 0 Å². The number of aryl methyl sites for hydroxylation is 1. The van der Waals surface area contributed by atoms with Gasteiger partial charge in [0.15, 0.2) is 5.96 Å². The van der Waals surface area contributed by atoms with Crippen LogP contribution in [0, 0.1) is 0 Å². The largest absolute Gasteiger partial charge is 0.383 e. The molecule has 6 heteroatoms. The Labute approximate surface area is 119 Å². The first-order chi connectivity index (χ1) is 9.30. The summed E-state index contributed by atoms with van der Waals surface area (Å²) >= 11 is 1.73. The first-order valence-corrected chi connectivity index (χ1v) is 7.62. The van der Waals surface area contributed by atoms with E-state index in [0.29, 0.717) is 13.2 Å². The number of methoxy groups -OCH3 is 1. The molecule has 0 atom stereocenters. The number of thiazole rings is 1. The quantitative estimate of drug-likeness (QED) is 0.431. The monoisotopic (exact) mass is 284 g/mol. The van der Waals surface area contributed by atoms with Crippen LogP contribution >= 0.6 is 11.3 Å². The van der Waals surface area contributed by atoms with E-state index < -0.39 is 0 Å². The smallest absolute Gasteiger partial charge is 0.191 e. The van der Waals surface area contributed by atoms with Gasteiger partial charge in [0.2, 0.25) is 0 Å². The summed E-state index contributed by atoms with van der Waals surface area (Å²) < 4.78 is 4.99. The Morgan fingerprint density at radius 1 is 1.42 bits per heavy atom. The summed E-state index contributed by atoms with van der Waals surface area (Å²) in [4.78, 5) is 8.95. The number of guanidine groups is 1. The third-order valence-corrected chi connectivity index (χ3v) is 3.53. The van der Waals surface area contributed by atoms with Gasteiger partial charge in [0.1, 0.15) is 0 Å². The van der Waals surface area contributed by atoms with Gasteiger partial charge >= 0.3 is 0 Å². The third-order valence-electron chi connectivity index (χ3n) is 2.48. The van der Waals surface area contributed by atoms with Gasteiger partial charge in [-0.15, -0.1) is 11.3 Å². The van der Waals surface area contributed by atoms with Crippen molar-refractivity contribution < 1.29 is 4.74 Å². The lowest BCUT2D eigenvalue weighted by atomic mass is 10.3. The third kappa shape index (κ3) is 6.54. The van der Waals surface area contributed by atoms with Gasteiger partial charge < -0.3 is 15.4 Å². The van der Waals surface area contributed by atoms with E-state index in [4.69, 9.17) is 4.74 Å². The van der Waals surface area contributed by atoms with Gasteiger partial charge in [-0.2, -0.15) is 0 Å². The van der Waals surface area contributed by atoms with Crippen molar-refractivity contribution in [2.75, 3.05) is 33.4 Å². The zero-order valence-corrected chi connectivity index (χ0v) is 12.8. The van der Waals surface area contributed by atoms with Gasteiger partial charge in [-0.3, -0.25) is 4.99 Å². The Kier molecular flexibility index (Phi) is 8.16. The molecule has 1 rings (SSSR count). The number of aliphatic imine (C=N–C) groups is 1. The summed E-state index contributed by atoms with van der Waals surface area (Å²) in [5.74, 6) is 0.838. The van der Waals surface area contributed by atoms with Crippen molar-refractivity contribution in [1.29, 1.82) is 0 Å². The van der Waals surface area contributed by atoms with Crippen LogP contribution in [0.1, 0.15) is 24.5 Å². The Hall–Kier alpha value is -1.14. The molecule has 0 unspecified atom stereocenters. The number of hydrogen-bond donors (Lipinski definition) is 2. The van der Waals surface area contributed by atoms with Crippen LogP contribution in [0.15, 0.2) is 10.4 Å². The molecule has 5 nitrogen and oxygen atoms in total. The van der Waals surface area contributed by atoms with E-state index in [2.05, 4.69) is 39.8 Å². The molecule has 19 heavy (non-hydrogen) atoms. The lowest BCUT2D eigenvalue weighted by Crippen LogP contribution is -2.38. The Bertz CT molecular complexity index is 378. The molecule has 2 N–H and O–H groups in total. The minimum absolute atomic E-state index is 0.641. The van der Waals surface area contributed by atoms with Crippen LogP contribution in [0.3, 0.4) is 0 Å². The topological polar surface area (TPSA) is 58.5 Å². The zero-order chi connectivity index (χ0) is 13.9. The standard InChI is InChI=1S/C13H24N4OS/c1-4-12-17-11(10-19-12)6-7-15-13(14-5-2)16-8-9-18-3/h10H,4-9H2,1-3H3,(H2,14,15,16). The highest BCUT2D eigenvalue weighted by molar-refractivity contribution is 7.09. The average Bonchev–Trinajstić information content (AvgIpc) is 2.87. The molecule has 108 valence electrons. The maximum atomic E-state index is 4.99. The van der Waals surface area contributed by atoms with E-state index in [1.54, 1.807) is 18.4 Å². The molecule has 0 amide bonds. The van der Waals surface area contributed by atoms with Crippen LogP contribution in [0.4, 0.5) is 0 Å². The fourth-order valence-corrected chi connectivity index (χ4v) is 2.30. The highest BCUT2D eigenvalue weighted by Crippen LogP contribution is 2.09. The molecule has 1 aromatic heterocycles. The van der Waals surface area contributed by atoms with Crippen LogP contribution in [0.25, 0.3) is 0 Å². The first kappa shape index (κ1) is 15.9. The van der Waals surface area contributed by atoms with Crippen molar-refractivity contribution >= 4 is 17.3 Å². The Morgan fingerprint density at radius 3 is 2.89 bits per heavy atom. The molecule has 1 heterocycles. The van der Waals surface area contributed by atoms with Crippen molar-refractivity contribution in [1.82, 2.24) is 15.6 Å². The molecule has 0 aliphatic rings. The van der Waals surface area contributed by atoms with Crippen LogP contribution in [-0.4, -0.2) is 44.3 Å². The molecule has 1 aromatic rings. The van der Waals surface area contributed by atoms with E-state index in [9.17, 15) is 0 Å². The van der Waals surface area contributed by atoms with Crippen LogP contribution < -0.4 is 10.6 Å². The molecular formula is C13H24N4OS. The molecule has 0 aromatic carbocycles. The van der Waals surface area contributed by atoms with Crippen LogP contribution in [-0.2, 0) is 17.6 Å². The van der Waals surface area contributed by atoms with Gasteiger partial charge in [-0.1, -0.05) is 6.92 Å². The number of nitrogens with zero attached hydrogens (tertiary/aromatic N) is 2. The van der Waals surface area contributed by atoms with Crippen molar-refractivity contribution in [2.24, 2.45) is 4.99 Å². The maximum Gasteiger partial charge on any atom is 0.191 e. The summed E-state index contributed by atoms with van der Waals surface area (Å²) in [6, 6.07) is 0. The molecule has 0 aliphatic carbocycles. The summed E-state index contributed by atoms with van der Waals surface area (Å²) in [6.45, 7) is 7.19. The fourth-order valence-electron chi connectivity index (χ4n) is 1.53. The second-order valence-electron chi connectivity index (χ2n) is 4.02. The van der Waals surface area contributed by atoms with E-state index in [-0.39, 0.29) is 0 Å². The highest BCUT2D eigenvalue weighted by atomic mass is 32.1. The van der Waals surface area contributed by atoms with Crippen molar-refractivity contribution in [3.8, 4) is 0 Å². The second-order valence-corrected chi connectivity index (χ2v) is 4.96. The zero-order valence-electron chi connectivity index (χ0n) is 12.0. The average molecular weight is 284 g/mol. The van der Waals surface area contributed by atoms with Crippen LogP contribution in [0.5, 0.6) is 0 Å². The number of hydrogen-bond acceptors (Lipinski definition) is 4. The molecule has 0 fully saturated rings. The normalized spacial score (nSPS) is 11.6. The summed E-state index contributed by atoms with van der Waals surface area (Å²) in [7, 11) is 1.68. The summed E-state index contributed by atoms with van der Waals surface area (Å²) in [5.41, 5.74) is 1.15. The van der Waals surface area contributed by atoms with Gasteiger partial charge in [0, 0.05) is 32.0 Å². The number of nitrogens with one attached hydrogen (secondary N) is 2. The lowest BCUT2D eigenvalue weighted by molar-refractivity contribution is 0.208. The van der Waals surface area contributed by atoms with Crippen molar-refractivity contribution in [2.45, 2.75) is 26.7 Å². The van der Waals surface area contributed by atoms with Gasteiger partial charge in [-0.25, -0.2) is 4.98 Å². The van der Waals surface area contributed by atoms with Crippen molar-refractivity contribution in [3.63, 3.8) is 0 Å². The molecule has 0 saturated carbocycles. The Balaban J connectivity index is 2.32. The predicted molar refractivity (Wildman–Crippen MR) is 81.1 cm³/mol. The fraction of sp³-hybridized carbons (Fsp3) is 0.692. The number of ether oxygens (including phenoxy) is 1. The number of rotatable bonds is 8. The second kappa shape index (κ2) is 9.75. The number of aromatic nitrogens is 1. The summed E-state index contributed by atoms with van der Waals surface area (Å²) in [6.07, 6.45) is 1.93. The maximum absolute atomic E-state index is 4.99. The Morgan fingerprint density at radius 2 is 2.26 bits per heavy atom. The van der Waals surface area contributed by atoms with Crippen LogP contribution in [0.2, 0.25) is 0 Å². The molecule has 0 saturated heterocycles. The van der Waals surface area contributed by atoms with E-state index in [1.165, 1.54) is 5.01 Å². The SMILES string of the molecule is CCNC(=NCCOC)NCCc1csc(CC)n1. The molecule has 0 aliphatic heterocycles. The molecule has 0 spiro atoms. The molecular weight excluding hydrogens is 260 g/mol. The minimum Gasteiger partial charge on any atom is -0.383 e. The van der Waals surface area contributed by atoms with Gasteiger partial charge in [0.05, 0.1) is 23.9 Å². The lowest BCUT2D eigenvalue weighted by Gasteiger charge is -2.10. The van der Waals surface area contributed by atoms with Gasteiger partial charge in [-0.05, 0) is 13.3 Å². The van der Waals surface area contributed by atoms with E-state index in [1.807, 2.05) is 0 Å². The van der Waals surface area contributed by atoms with E-state index in [0.717, 1.165) is 37.6 Å². The molecule has 0 radical (unpaired) electrons. The van der Waals surface area contributed by atoms with Crippen molar-refractivity contribution in [3.05, 3.63) is 16.1 Å². The highest BCUT2D eigenvalue weighted by Gasteiger charge is 2.01. The predicted octanol–water partition coefficient (Wildman–Crippen LogP) is 1.45. The first-order valence-electron chi connectivity index (χ1n) is 6.74. The summed E-state index contributed by atoms with van der Waals surface area (Å²) in [5, 5.41) is 9.85. The molecule has 0 bridgehead atoms. The van der Waals surface area contributed by atoms with E-state index >= 15 is 0 Å². The minimum atomic E-state index is 0.641.